The van der Waals surface area contributed by atoms with Crippen LogP contribution in [0, 0.1) is 11.8 Å². The van der Waals surface area contributed by atoms with Crippen LogP contribution in [-0.4, -0.2) is 25.0 Å². The average molecular weight is 266 g/mol. The third-order valence-electron chi connectivity index (χ3n) is 4.98. The van der Waals surface area contributed by atoms with Crippen molar-refractivity contribution in [3.8, 4) is 0 Å². The molecule has 3 nitrogen and oxygen atoms in total. The molecule has 0 radical (unpaired) electrons. The summed E-state index contributed by atoms with van der Waals surface area (Å²) in [6.45, 7) is 4.45. The van der Waals surface area contributed by atoms with Gasteiger partial charge in [0.2, 0.25) is 5.91 Å². The third-order valence-corrected chi connectivity index (χ3v) is 4.98. The molecule has 1 saturated heterocycles. The van der Waals surface area contributed by atoms with E-state index in [-0.39, 0.29) is 5.91 Å². The van der Waals surface area contributed by atoms with E-state index >= 15 is 0 Å². The Bertz CT molecular complexity index is 268. The molecule has 1 heterocycles. The molecule has 1 unspecified atom stereocenters. The predicted octanol–water partition coefficient (Wildman–Crippen LogP) is 2.85. The largest absolute Gasteiger partial charge is 0.353 e. The van der Waals surface area contributed by atoms with Gasteiger partial charge in [-0.2, -0.15) is 0 Å². The Morgan fingerprint density at radius 2 is 1.84 bits per heavy atom. The Labute approximate surface area is 117 Å². The van der Waals surface area contributed by atoms with E-state index in [0.717, 1.165) is 37.8 Å². The molecule has 2 fully saturated rings. The molecule has 3 heteroatoms. The zero-order valence-corrected chi connectivity index (χ0v) is 12.4. The minimum absolute atomic E-state index is 0.275. The van der Waals surface area contributed by atoms with Crippen molar-refractivity contribution in [1.29, 1.82) is 0 Å². The van der Waals surface area contributed by atoms with Crippen molar-refractivity contribution in [2.24, 2.45) is 11.8 Å². The molecule has 1 saturated carbocycles. The van der Waals surface area contributed by atoms with Crippen molar-refractivity contribution in [3.63, 3.8) is 0 Å². The summed E-state index contributed by atoms with van der Waals surface area (Å²) in [6, 6.07) is 0.376. The van der Waals surface area contributed by atoms with Gasteiger partial charge >= 0.3 is 0 Å². The van der Waals surface area contributed by atoms with E-state index in [1.54, 1.807) is 0 Å². The summed E-state index contributed by atoms with van der Waals surface area (Å²) in [7, 11) is 0. The molecule has 0 spiro atoms. The molecule has 1 amide bonds. The number of rotatable bonds is 5. The maximum absolute atomic E-state index is 12.0. The van der Waals surface area contributed by atoms with Crippen molar-refractivity contribution in [2.75, 3.05) is 13.1 Å². The minimum Gasteiger partial charge on any atom is -0.353 e. The van der Waals surface area contributed by atoms with Crippen LogP contribution in [0.5, 0.6) is 0 Å². The van der Waals surface area contributed by atoms with Crippen molar-refractivity contribution in [2.45, 2.75) is 70.8 Å². The third kappa shape index (κ3) is 5.13. The van der Waals surface area contributed by atoms with Crippen LogP contribution >= 0.6 is 0 Å². The second-order valence-electron chi connectivity index (χ2n) is 6.49. The van der Waals surface area contributed by atoms with Gasteiger partial charge in [-0.3, -0.25) is 4.79 Å². The van der Waals surface area contributed by atoms with Gasteiger partial charge in [-0.25, -0.2) is 0 Å². The van der Waals surface area contributed by atoms with Gasteiger partial charge in [-0.05, 0) is 64.0 Å². The summed E-state index contributed by atoms with van der Waals surface area (Å²) in [5, 5.41) is 6.61. The standard InChI is InChI=1S/C16H30N2O/c1-13(15-5-3-2-4-6-15)18-16(19)8-7-14-9-11-17-12-10-14/h13-15,17H,2-12H2,1H3,(H,18,19). The van der Waals surface area contributed by atoms with Gasteiger partial charge in [0, 0.05) is 12.5 Å². The molecule has 0 bridgehead atoms. The molecule has 2 aliphatic rings. The Morgan fingerprint density at radius 1 is 1.16 bits per heavy atom. The summed E-state index contributed by atoms with van der Waals surface area (Å²) < 4.78 is 0. The predicted molar refractivity (Wildman–Crippen MR) is 79.0 cm³/mol. The summed E-state index contributed by atoms with van der Waals surface area (Å²) in [4.78, 5) is 12.0. The number of hydrogen-bond donors (Lipinski definition) is 2. The topological polar surface area (TPSA) is 41.1 Å². The Hall–Kier alpha value is -0.570. The second-order valence-corrected chi connectivity index (χ2v) is 6.49. The zero-order chi connectivity index (χ0) is 13.5. The van der Waals surface area contributed by atoms with E-state index in [0.29, 0.717) is 6.04 Å². The Balaban J connectivity index is 1.62. The number of nitrogens with one attached hydrogen (secondary N) is 2. The van der Waals surface area contributed by atoms with Crippen molar-refractivity contribution in [1.82, 2.24) is 10.6 Å². The van der Waals surface area contributed by atoms with Gasteiger partial charge < -0.3 is 10.6 Å². The lowest BCUT2D eigenvalue weighted by molar-refractivity contribution is -0.122. The summed E-state index contributed by atoms with van der Waals surface area (Å²) in [6.07, 6.45) is 11.0. The first-order valence-electron chi connectivity index (χ1n) is 8.26. The van der Waals surface area contributed by atoms with Crippen LogP contribution in [0.4, 0.5) is 0 Å². The van der Waals surface area contributed by atoms with E-state index in [9.17, 15) is 4.79 Å². The Kier molecular flexibility index (Phi) is 6.15. The van der Waals surface area contributed by atoms with Crippen LogP contribution in [-0.2, 0) is 4.79 Å². The number of amides is 1. The molecular weight excluding hydrogens is 236 g/mol. The van der Waals surface area contributed by atoms with Crippen molar-refractivity contribution in [3.05, 3.63) is 0 Å². The lowest BCUT2D eigenvalue weighted by Crippen LogP contribution is -2.39. The number of hydrogen-bond acceptors (Lipinski definition) is 2. The molecule has 19 heavy (non-hydrogen) atoms. The average Bonchev–Trinajstić information content (AvgIpc) is 2.47. The lowest BCUT2D eigenvalue weighted by Gasteiger charge is -2.28. The number of carbonyl (C=O) groups excluding carboxylic acids is 1. The lowest BCUT2D eigenvalue weighted by atomic mass is 9.84. The number of piperidine rings is 1. The van der Waals surface area contributed by atoms with Gasteiger partial charge in [0.1, 0.15) is 0 Å². The van der Waals surface area contributed by atoms with Gasteiger partial charge in [-0.15, -0.1) is 0 Å². The molecule has 0 aromatic heterocycles. The zero-order valence-electron chi connectivity index (χ0n) is 12.4. The highest BCUT2D eigenvalue weighted by Crippen LogP contribution is 2.26. The quantitative estimate of drug-likeness (QED) is 0.803. The molecule has 2 rings (SSSR count). The van der Waals surface area contributed by atoms with E-state index in [4.69, 9.17) is 0 Å². The van der Waals surface area contributed by atoms with Crippen LogP contribution in [0.1, 0.15) is 64.7 Å². The molecule has 2 N–H and O–H groups in total. The van der Waals surface area contributed by atoms with E-state index in [1.165, 1.54) is 44.9 Å². The van der Waals surface area contributed by atoms with Crippen LogP contribution in [0.3, 0.4) is 0 Å². The molecule has 110 valence electrons. The van der Waals surface area contributed by atoms with Crippen LogP contribution in [0.15, 0.2) is 0 Å². The number of carbonyl (C=O) groups is 1. The van der Waals surface area contributed by atoms with Crippen LogP contribution in [0.2, 0.25) is 0 Å². The van der Waals surface area contributed by atoms with E-state index in [1.807, 2.05) is 0 Å². The van der Waals surface area contributed by atoms with E-state index in [2.05, 4.69) is 17.6 Å². The van der Waals surface area contributed by atoms with E-state index < -0.39 is 0 Å². The smallest absolute Gasteiger partial charge is 0.220 e. The Morgan fingerprint density at radius 3 is 2.53 bits per heavy atom. The second kappa shape index (κ2) is 7.88. The highest BCUT2D eigenvalue weighted by molar-refractivity contribution is 5.76. The highest BCUT2D eigenvalue weighted by atomic mass is 16.1. The van der Waals surface area contributed by atoms with Crippen LogP contribution in [0.25, 0.3) is 0 Å². The van der Waals surface area contributed by atoms with Crippen LogP contribution < -0.4 is 10.6 Å². The highest BCUT2D eigenvalue weighted by Gasteiger charge is 2.22. The molecule has 1 aliphatic carbocycles. The first-order chi connectivity index (χ1) is 9.25. The summed E-state index contributed by atoms with van der Waals surface area (Å²) in [5.41, 5.74) is 0. The first-order valence-corrected chi connectivity index (χ1v) is 8.26. The van der Waals surface area contributed by atoms with Gasteiger partial charge in [-0.1, -0.05) is 19.3 Å². The fourth-order valence-electron chi connectivity index (χ4n) is 3.58. The fraction of sp³-hybridized carbons (Fsp3) is 0.938. The van der Waals surface area contributed by atoms with Gasteiger partial charge in [0.15, 0.2) is 0 Å². The normalized spacial score (nSPS) is 24.1. The van der Waals surface area contributed by atoms with Gasteiger partial charge in [0.25, 0.3) is 0 Å². The summed E-state index contributed by atoms with van der Waals surface area (Å²) >= 11 is 0. The first kappa shape index (κ1) is 14.8. The molecular formula is C16H30N2O. The van der Waals surface area contributed by atoms with Crippen molar-refractivity contribution < 1.29 is 4.79 Å². The molecule has 1 aliphatic heterocycles. The maximum atomic E-state index is 12.0. The fourth-order valence-corrected chi connectivity index (χ4v) is 3.58. The molecule has 0 aromatic rings. The van der Waals surface area contributed by atoms with Gasteiger partial charge in [0.05, 0.1) is 0 Å². The summed E-state index contributed by atoms with van der Waals surface area (Å²) in [5.74, 6) is 1.75. The maximum Gasteiger partial charge on any atom is 0.220 e. The minimum atomic E-state index is 0.275. The molecule has 0 aromatic carbocycles. The molecule has 1 atom stereocenters. The van der Waals surface area contributed by atoms with Crippen molar-refractivity contribution >= 4 is 5.91 Å². The monoisotopic (exact) mass is 266 g/mol. The SMILES string of the molecule is CC(NC(=O)CCC1CCNCC1)C1CCCCC1.